The van der Waals surface area contributed by atoms with Crippen LogP contribution in [0.4, 0.5) is 5.13 Å². The van der Waals surface area contributed by atoms with Crippen LogP contribution in [0.3, 0.4) is 0 Å². The third-order valence-corrected chi connectivity index (χ3v) is 4.37. The van der Waals surface area contributed by atoms with E-state index in [1.165, 1.54) is 11.3 Å². The van der Waals surface area contributed by atoms with Crippen molar-refractivity contribution in [2.24, 2.45) is 0 Å². The first-order valence-electron chi connectivity index (χ1n) is 7.18. The van der Waals surface area contributed by atoms with Crippen molar-refractivity contribution >= 4 is 34.6 Å². The fourth-order valence-electron chi connectivity index (χ4n) is 2.15. The second-order valence-electron chi connectivity index (χ2n) is 4.86. The normalized spacial score (nSPS) is 10.7. The number of aromatic amines is 1. The molecule has 0 aliphatic rings. The van der Waals surface area contributed by atoms with Gasteiger partial charge in [0.15, 0.2) is 4.77 Å². The van der Waals surface area contributed by atoms with E-state index in [1.54, 1.807) is 10.8 Å². The predicted molar refractivity (Wildman–Crippen MR) is 92.8 cm³/mol. The van der Waals surface area contributed by atoms with Gasteiger partial charge in [0, 0.05) is 18.3 Å². The van der Waals surface area contributed by atoms with Crippen molar-refractivity contribution in [3.63, 3.8) is 0 Å². The van der Waals surface area contributed by atoms with E-state index in [9.17, 15) is 4.79 Å². The highest BCUT2D eigenvalue weighted by Crippen LogP contribution is 2.19. The molecule has 0 spiro atoms. The number of amides is 1. The number of imidazole rings is 1. The number of benzene rings is 1. The van der Waals surface area contributed by atoms with Crippen molar-refractivity contribution in [1.29, 1.82) is 0 Å². The number of hydrogen-bond donors (Lipinski definition) is 2. The number of carbonyl (C=O) groups excluding carboxylic acids is 1. The predicted octanol–water partition coefficient (Wildman–Crippen LogP) is 3.59. The molecule has 1 aromatic carbocycles. The molecule has 0 aliphatic heterocycles. The minimum atomic E-state index is -0.277. The van der Waals surface area contributed by atoms with Gasteiger partial charge in [-0.1, -0.05) is 36.5 Å². The first-order chi connectivity index (χ1) is 11.2. The van der Waals surface area contributed by atoms with Gasteiger partial charge in [0.2, 0.25) is 5.13 Å². The maximum Gasteiger partial charge on any atom is 0.276 e. The summed E-state index contributed by atoms with van der Waals surface area (Å²) in [7, 11) is 0. The zero-order chi connectivity index (χ0) is 16.2. The molecule has 0 radical (unpaired) electrons. The molecule has 2 heterocycles. The van der Waals surface area contributed by atoms with Gasteiger partial charge in [-0.3, -0.25) is 14.7 Å². The van der Waals surface area contributed by atoms with Gasteiger partial charge in [-0.15, -0.1) is 10.2 Å². The van der Waals surface area contributed by atoms with Crippen molar-refractivity contribution in [3.05, 3.63) is 52.0 Å². The molecule has 1 amide bonds. The number of aryl methyl sites for hydroxylation is 1. The smallest absolute Gasteiger partial charge is 0.276 e. The number of nitrogens with one attached hydrogen (secondary N) is 2. The van der Waals surface area contributed by atoms with Gasteiger partial charge in [0.25, 0.3) is 5.91 Å². The molecule has 0 atom stereocenters. The number of hydrogen-bond acceptors (Lipinski definition) is 5. The van der Waals surface area contributed by atoms with Crippen LogP contribution in [0.2, 0.25) is 0 Å². The summed E-state index contributed by atoms with van der Waals surface area (Å²) >= 11 is 6.67. The Morgan fingerprint density at radius 3 is 2.87 bits per heavy atom. The van der Waals surface area contributed by atoms with E-state index in [4.69, 9.17) is 12.2 Å². The number of nitrogens with zero attached hydrogens (tertiary/aromatic N) is 3. The molecule has 6 nitrogen and oxygen atoms in total. The Kier molecular flexibility index (Phi) is 4.63. The monoisotopic (exact) mass is 345 g/mol. The second kappa shape index (κ2) is 6.84. The lowest BCUT2D eigenvalue weighted by molar-refractivity contribution is 0.102. The van der Waals surface area contributed by atoms with Crippen LogP contribution >= 0.6 is 23.6 Å². The zero-order valence-electron chi connectivity index (χ0n) is 12.4. The van der Waals surface area contributed by atoms with Gasteiger partial charge in [-0.2, -0.15) is 0 Å². The van der Waals surface area contributed by atoms with Gasteiger partial charge in [0.1, 0.15) is 10.7 Å². The second-order valence-corrected chi connectivity index (χ2v) is 6.30. The Hall–Kier alpha value is -2.32. The Morgan fingerprint density at radius 1 is 1.35 bits per heavy atom. The number of rotatable bonds is 5. The standard InChI is InChI=1S/C15H15N5OS2/c1-2-6-12-18-19-14(23-12)17-13(21)11-9-16-15(22)20(11)10-7-4-3-5-8-10/h3-5,7-9H,2,6H2,1H3,(H,16,22)(H,17,19,21). The largest absolute Gasteiger partial charge is 0.336 e. The van der Waals surface area contributed by atoms with Crippen LogP contribution in [0.5, 0.6) is 0 Å². The molecule has 0 fully saturated rings. The highest BCUT2D eigenvalue weighted by Gasteiger charge is 2.16. The van der Waals surface area contributed by atoms with Crippen molar-refractivity contribution in [1.82, 2.24) is 19.7 Å². The summed E-state index contributed by atoms with van der Waals surface area (Å²) in [6.45, 7) is 2.08. The molecule has 3 rings (SSSR count). The van der Waals surface area contributed by atoms with Crippen LogP contribution in [-0.2, 0) is 6.42 Å². The maximum atomic E-state index is 12.5. The quantitative estimate of drug-likeness (QED) is 0.693. The molecule has 2 aromatic heterocycles. The van der Waals surface area contributed by atoms with Crippen molar-refractivity contribution in [2.75, 3.05) is 5.32 Å². The zero-order valence-corrected chi connectivity index (χ0v) is 14.1. The fraction of sp³-hybridized carbons (Fsp3) is 0.200. The van der Waals surface area contributed by atoms with Crippen LogP contribution in [0.15, 0.2) is 36.5 Å². The van der Waals surface area contributed by atoms with Gasteiger partial charge >= 0.3 is 0 Å². The van der Waals surface area contributed by atoms with Crippen molar-refractivity contribution < 1.29 is 4.79 Å². The molecule has 8 heteroatoms. The van der Waals surface area contributed by atoms with Crippen molar-refractivity contribution in [3.8, 4) is 5.69 Å². The average Bonchev–Trinajstić information content (AvgIpc) is 3.15. The minimum absolute atomic E-state index is 0.277. The summed E-state index contributed by atoms with van der Waals surface area (Å²) in [5.41, 5.74) is 1.25. The Labute approximate surface area is 142 Å². The maximum absolute atomic E-state index is 12.5. The summed E-state index contributed by atoms with van der Waals surface area (Å²) in [5.74, 6) is -0.277. The summed E-state index contributed by atoms with van der Waals surface area (Å²) in [4.78, 5) is 15.4. The molecular formula is C15H15N5OS2. The molecule has 0 bridgehead atoms. The van der Waals surface area contributed by atoms with E-state index >= 15 is 0 Å². The lowest BCUT2D eigenvalue weighted by Gasteiger charge is -2.07. The molecular weight excluding hydrogens is 330 g/mol. The summed E-state index contributed by atoms with van der Waals surface area (Å²) in [6.07, 6.45) is 3.45. The first-order valence-corrected chi connectivity index (χ1v) is 8.41. The van der Waals surface area contributed by atoms with Crippen molar-refractivity contribution in [2.45, 2.75) is 19.8 Å². The van der Waals surface area contributed by atoms with E-state index in [0.717, 1.165) is 23.5 Å². The van der Waals surface area contributed by atoms with E-state index in [0.29, 0.717) is 15.6 Å². The lowest BCUT2D eigenvalue weighted by Crippen LogP contribution is -2.16. The number of aromatic nitrogens is 4. The van der Waals surface area contributed by atoms with Gasteiger partial charge < -0.3 is 4.98 Å². The van der Waals surface area contributed by atoms with Crippen LogP contribution in [-0.4, -0.2) is 25.7 Å². The first kappa shape index (κ1) is 15.6. The SMILES string of the molecule is CCCc1nnc(NC(=O)c2c[nH]c(=S)n2-c2ccccc2)s1. The molecule has 3 aromatic rings. The number of anilines is 1. The third kappa shape index (κ3) is 3.38. The van der Waals surface area contributed by atoms with Gasteiger partial charge in [-0.05, 0) is 30.8 Å². The molecule has 118 valence electrons. The number of carbonyl (C=O) groups is 1. The van der Waals surface area contributed by atoms with Crippen LogP contribution in [0.25, 0.3) is 5.69 Å². The van der Waals surface area contributed by atoms with Crippen LogP contribution < -0.4 is 5.32 Å². The summed E-state index contributed by atoms with van der Waals surface area (Å²) in [5, 5.41) is 12.2. The van der Waals surface area contributed by atoms with E-state index < -0.39 is 0 Å². The highest BCUT2D eigenvalue weighted by atomic mass is 32.1. The number of H-pyrrole nitrogens is 1. The number of para-hydroxylation sites is 1. The van der Waals surface area contributed by atoms with E-state index in [-0.39, 0.29) is 5.91 Å². The van der Waals surface area contributed by atoms with Crippen LogP contribution in [0, 0.1) is 4.77 Å². The minimum Gasteiger partial charge on any atom is -0.336 e. The third-order valence-electron chi connectivity index (χ3n) is 3.17. The molecule has 0 unspecified atom stereocenters. The summed E-state index contributed by atoms with van der Waals surface area (Å²) in [6, 6.07) is 9.49. The molecule has 23 heavy (non-hydrogen) atoms. The topological polar surface area (TPSA) is 75.6 Å². The Morgan fingerprint density at radius 2 is 2.13 bits per heavy atom. The Bertz CT molecular complexity index is 865. The van der Waals surface area contributed by atoms with E-state index in [2.05, 4.69) is 27.4 Å². The van der Waals surface area contributed by atoms with E-state index in [1.807, 2.05) is 30.3 Å². The van der Waals surface area contributed by atoms with Gasteiger partial charge in [-0.25, -0.2) is 0 Å². The van der Waals surface area contributed by atoms with Gasteiger partial charge in [0.05, 0.1) is 0 Å². The summed E-state index contributed by atoms with van der Waals surface area (Å²) < 4.78 is 2.16. The average molecular weight is 345 g/mol. The van der Waals surface area contributed by atoms with Crippen LogP contribution in [0.1, 0.15) is 28.8 Å². The lowest BCUT2D eigenvalue weighted by atomic mass is 10.3. The molecule has 0 aliphatic carbocycles. The molecule has 0 saturated heterocycles. The molecule has 0 saturated carbocycles. The highest BCUT2D eigenvalue weighted by molar-refractivity contribution is 7.71. The Balaban J connectivity index is 1.87. The molecule has 2 N–H and O–H groups in total. The fourth-order valence-corrected chi connectivity index (χ4v) is 3.25.